The number of hydrogen-bond acceptors (Lipinski definition) is 3. The van der Waals surface area contributed by atoms with Gasteiger partial charge in [0.25, 0.3) is 0 Å². The fourth-order valence-electron chi connectivity index (χ4n) is 7.90. The van der Waals surface area contributed by atoms with E-state index in [1.165, 1.54) is 10.8 Å². The molecule has 0 N–H and O–H groups in total. The van der Waals surface area contributed by atoms with Gasteiger partial charge in [-0.15, -0.1) is 0 Å². The van der Waals surface area contributed by atoms with Crippen molar-refractivity contribution in [2.45, 2.75) is 0 Å². The number of benzene rings is 7. The maximum absolute atomic E-state index is 6.40. The number of rotatable bonds is 3. The van der Waals surface area contributed by atoms with Crippen molar-refractivity contribution in [2.75, 3.05) is 0 Å². The molecule has 0 saturated carbocycles. The molecule has 7 aromatic carbocycles. The zero-order chi connectivity index (χ0) is 32.1. The zero-order valence-corrected chi connectivity index (χ0v) is 26.2. The maximum Gasteiger partial charge on any atom is 0.235 e. The minimum atomic E-state index is 0.647. The van der Waals surface area contributed by atoms with Crippen molar-refractivity contribution < 1.29 is 4.42 Å². The summed E-state index contributed by atoms with van der Waals surface area (Å²) in [6, 6.07) is 55.1. The van der Waals surface area contributed by atoms with Crippen LogP contribution in [0.4, 0.5) is 0 Å². The van der Waals surface area contributed by atoms with Crippen LogP contribution in [0.3, 0.4) is 0 Å². The summed E-state index contributed by atoms with van der Waals surface area (Å²) in [5, 5.41) is 7.96. The summed E-state index contributed by atoms with van der Waals surface area (Å²) in [7, 11) is 0. The predicted octanol–water partition coefficient (Wildman–Crippen LogP) is 11.4. The van der Waals surface area contributed by atoms with Crippen LogP contribution in [0.15, 0.2) is 162 Å². The normalized spacial score (nSPS) is 12.1. The molecule has 0 radical (unpaired) electrons. The molecule has 11 rings (SSSR count). The van der Waals surface area contributed by atoms with Gasteiger partial charge in [-0.1, -0.05) is 109 Å². The van der Waals surface area contributed by atoms with Crippen LogP contribution in [0.5, 0.6) is 0 Å². The van der Waals surface area contributed by atoms with E-state index < -0.39 is 0 Å². The van der Waals surface area contributed by atoms with E-state index in [0.29, 0.717) is 5.95 Å². The summed E-state index contributed by atoms with van der Waals surface area (Å²) >= 11 is 0. The summed E-state index contributed by atoms with van der Waals surface area (Å²) in [5.74, 6) is 0.647. The molecule has 0 aliphatic carbocycles. The van der Waals surface area contributed by atoms with Crippen LogP contribution in [0.2, 0.25) is 0 Å². The van der Waals surface area contributed by atoms with Gasteiger partial charge >= 0.3 is 0 Å². The predicted molar refractivity (Wildman–Crippen MR) is 201 cm³/mol. The highest BCUT2D eigenvalue weighted by Crippen LogP contribution is 2.45. The third-order valence-electron chi connectivity index (χ3n) is 9.92. The molecule has 5 heteroatoms. The molecule has 0 bridgehead atoms. The number of furan rings is 1. The average Bonchev–Trinajstić information content (AvgIpc) is 3.82. The van der Waals surface area contributed by atoms with Gasteiger partial charge in [-0.25, -0.2) is 9.97 Å². The fourth-order valence-corrected chi connectivity index (χ4v) is 7.90. The minimum Gasteiger partial charge on any atom is -0.456 e. The minimum absolute atomic E-state index is 0.647. The van der Waals surface area contributed by atoms with Crippen molar-refractivity contribution in [3.63, 3.8) is 0 Å². The Labute approximate surface area is 279 Å². The van der Waals surface area contributed by atoms with Crippen LogP contribution >= 0.6 is 0 Å². The molecule has 4 heterocycles. The lowest BCUT2D eigenvalue weighted by molar-refractivity contribution is 0.669. The molecular weight excluding hydrogens is 601 g/mol. The average molecular weight is 627 g/mol. The maximum atomic E-state index is 6.40. The van der Waals surface area contributed by atoms with Gasteiger partial charge in [-0.05, 0) is 48.5 Å². The number of fused-ring (bicyclic) bond motifs is 12. The second kappa shape index (κ2) is 9.89. The van der Waals surface area contributed by atoms with Crippen LogP contribution in [-0.4, -0.2) is 19.1 Å². The lowest BCUT2D eigenvalue weighted by atomic mass is 10.0. The summed E-state index contributed by atoms with van der Waals surface area (Å²) in [6.07, 6.45) is 0. The van der Waals surface area contributed by atoms with Gasteiger partial charge in [0.15, 0.2) is 0 Å². The van der Waals surface area contributed by atoms with E-state index in [-0.39, 0.29) is 0 Å². The van der Waals surface area contributed by atoms with Crippen molar-refractivity contribution in [3.05, 3.63) is 158 Å². The summed E-state index contributed by atoms with van der Waals surface area (Å²) in [6.45, 7) is 0. The van der Waals surface area contributed by atoms with Gasteiger partial charge in [0.2, 0.25) is 5.95 Å². The van der Waals surface area contributed by atoms with Crippen molar-refractivity contribution in [1.29, 1.82) is 0 Å². The standard InChI is InChI=1S/C44H26N4O/c1-3-13-27(14-4-1)42-29-17-7-10-20-33(29)45-44(46-42)48-34-21-11-8-18-30(34)40-36(48)24-23-32-39-35(47(43(32)40)28-15-5-2-6-16-28)25-26-38-41(39)31-19-9-12-22-37(31)49-38/h1-26H. The molecule has 0 fully saturated rings. The number of para-hydroxylation sites is 4. The number of hydrogen-bond donors (Lipinski definition) is 0. The Bertz CT molecular complexity index is 3100. The van der Waals surface area contributed by atoms with Crippen molar-refractivity contribution in [2.24, 2.45) is 0 Å². The van der Waals surface area contributed by atoms with Gasteiger partial charge in [-0.3, -0.25) is 4.57 Å². The Balaban J connectivity index is 1.34. The second-order valence-electron chi connectivity index (χ2n) is 12.6. The molecule has 0 amide bonds. The lowest BCUT2D eigenvalue weighted by Crippen LogP contribution is -2.03. The highest BCUT2D eigenvalue weighted by molar-refractivity contribution is 6.32. The van der Waals surface area contributed by atoms with Gasteiger partial charge in [0.05, 0.1) is 33.3 Å². The largest absolute Gasteiger partial charge is 0.456 e. The quantitative estimate of drug-likeness (QED) is 0.196. The van der Waals surface area contributed by atoms with Crippen molar-refractivity contribution in [3.8, 4) is 22.9 Å². The van der Waals surface area contributed by atoms with Crippen molar-refractivity contribution in [1.82, 2.24) is 19.1 Å². The highest BCUT2D eigenvalue weighted by Gasteiger charge is 2.24. The van der Waals surface area contributed by atoms with E-state index >= 15 is 0 Å². The first-order chi connectivity index (χ1) is 24.3. The Hall–Kier alpha value is -6.72. The first-order valence-corrected chi connectivity index (χ1v) is 16.5. The Morgan fingerprint density at radius 3 is 1.94 bits per heavy atom. The van der Waals surface area contributed by atoms with Crippen LogP contribution in [-0.2, 0) is 0 Å². The molecule has 49 heavy (non-hydrogen) atoms. The summed E-state index contributed by atoms with van der Waals surface area (Å²) < 4.78 is 11.1. The van der Waals surface area contributed by atoms with Gasteiger partial charge in [0, 0.05) is 49.0 Å². The molecule has 0 unspecified atom stereocenters. The van der Waals surface area contributed by atoms with E-state index in [1.807, 2.05) is 18.2 Å². The molecule has 228 valence electrons. The van der Waals surface area contributed by atoms with Gasteiger partial charge < -0.3 is 8.98 Å². The monoisotopic (exact) mass is 626 g/mol. The Morgan fingerprint density at radius 1 is 0.408 bits per heavy atom. The van der Waals surface area contributed by atoms with Crippen molar-refractivity contribution >= 4 is 76.5 Å². The SMILES string of the molecule is c1ccc(-c2nc(-n3c4ccccc4c4c3ccc3c5c6c(ccc5n(-c5ccccc5)c34)oc3ccccc36)nc3ccccc23)cc1. The molecule has 0 aliphatic heterocycles. The van der Waals surface area contributed by atoms with Gasteiger partial charge in [-0.2, -0.15) is 0 Å². The smallest absolute Gasteiger partial charge is 0.235 e. The molecule has 0 spiro atoms. The van der Waals surface area contributed by atoms with E-state index in [4.69, 9.17) is 14.4 Å². The Kier molecular flexibility index (Phi) is 5.32. The molecule has 5 nitrogen and oxygen atoms in total. The number of aromatic nitrogens is 4. The van der Waals surface area contributed by atoms with Crippen LogP contribution in [0.1, 0.15) is 0 Å². The topological polar surface area (TPSA) is 48.8 Å². The zero-order valence-electron chi connectivity index (χ0n) is 26.2. The molecule has 0 saturated heterocycles. The second-order valence-corrected chi connectivity index (χ2v) is 12.6. The summed E-state index contributed by atoms with van der Waals surface area (Å²) in [5.41, 5.74) is 10.2. The molecule has 0 atom stereocenters. The van der Waals surface area contributed by atoms with E-state index in [2.05, 4.69) is 149 Å². The first kappa shape index (κ1) is 26.4. The number of nitrogens with zero attached hydrogens (tertiary/aromatic N) is 4. The van der Waals surface area contributed by atoms with E-state index in [9.17, 15) is 0 Å². The molecular formula is C44H26N4O. The highest BCUT2D eigenvalue weighted by atomic mass is 16.3. The van der Waals surface area contributed by atoms with Crippen LogP contribution in [0, 0.1) is 0 Å². The van der Waals surface area contributed by atoms with E-state index in [1.54, 1.807) is 0 Å². The first-order valence-electron chi connectivity index (χ1n) is 16.5. The van der Waals surface area contributed by atoms with E-state index in [0.717, 1.165) is 82.6 Å². The van der Waals surface area contributed by atoms with Gasteiger partial charge in [0.1, 0.15) is 11.2 Å². The third kappa shape index (κ3) is 3.64. The third-order valence-corrected chi connectivity index (χ3v) is 9.92. The molecule has 0 aliphatic rings. The Morgan fingerprint density at radius 2 is 1.08 bits per heavy atom. The van der Waals surface area contributed by atoms with Crippen LogP contribution in [0.25, 0.3) is 99.3 Å². The lowest BCUT2D eigenvalue weighted by Gasteiger charge is -2.12. The molecule has 4 aromatic heterocycles. The summed E-state index contributed by atoms with van der Waals surface area (Å²) in [4.78, 5) is 10.5. The van der Waals surface area contributed by atoms with Crippen LogP contribution < -0.4 is 0 Å². The fraction of sp³-hybridized carbons (Fsp3) is 0. The molecule has 11 aromatic rings.